The van der Waals surface area contributed by atoms with E-state index in [-0.39, 0.29) is 5.84 Å². The van der Waals surface area contributed by atoms with Gasteiger partial charge in [0.1, 0.15) is 6.34 Å². The molecular formula is C7H12N4. The molecule has 0 aliphatic heterocycles. The molecule has 0 saturated heterocycles. The second kappa shape index (κ2) is 5.34. The van der Waals surface area contributed by atoms with Gasteiger partial charge in [-0.3, -0.25) is 9.98 Å². The molecule has 0 heterocycles. The third kappa shape index (κ3) is 4.02. The van der Waals surface area contributed by atoms with Crippen LogP contribution in [0.5, 0.6) is 0 Å². The largest absolute Gasteiger partial charge is 0.382 e. The van der Waals surface area contributed by atoms with E-state index in [0.29, 0.717) is 5.70 Å². The maximum absolute atomic E-state index is 5.43. The summed E-state index contributed by atoms with van der Waals surface area (Å²) in [6, 6.07) is 0. The lowest BCUT2D eigenvalue weighted by Gasteiger charge is -1.94. The molecule has 60 valence electrons. The van der Waals surface area contributed by atoms with Gasteiger partial charge in [0.2, 0.25) is 0 Å². The highest BCUT2D eigenvalue weighted by atomic mass is 14.9. The maximum Gasteiger partial charge on any atom is 0.150 e. The van der Waals surface area contributed by atoms with Crippen LogP contribution in [0.1, 0.15) is 6.92 Å². The highest BCUT2D eigenvalue weighted by Crippen LogP contribution is 1.89. The fourth-order valence-electron chi connectivity index (χ4n) is 0.416. The van der Waals surface area contributed by atoms with E-state index >= 15 is 0 Å². The Morgan fingerprint density at radius 1 is 1.55 bits per heavy atom. The SMILES string of the molecule is C=C(/N=C\C)/C(N)=N\C=N/C. The summed E-state index contributed by atoms with van der Waals surface area (Å²) in [5.41, 5.74) is 5.89. The van der Waals surface area contributed by atoms with Crippen molar-refractivity contribution in [3.05, 3.63) is 12.3 Å². The van der Waals surface area contributed by atoms with E-state index in [0.717, 1.165) is 0 Å². The van der Waals surface area contributed by atoms with E-state index in [2.05, 4.69) is 21.6 Å². The predicted octanol–water partition coefficient (Wildman–Crippen LogP) is 0.606. The van der Waals surface area contributed by atoms with Crippen LogP contribution >= 0.6 is 0 Å². The number of amidine groups is 1. The van der Waals surface area contributed by atoms with Gasteiger partial charge < -0.3 is 5.73 Å². The number of nitrogens with zero attached hydrogens (tertiary/aromatic N) is 3. The second-order valence-corrected chi connectivity index (χ2v) is 1.72. The van der Waals surface area contributed by atoms with Crippen LogP contribution in [0.4, 0.5) is 0 Å². The molecule has 0 aromatic carbocycles. The summed E-state index contributed by atoms with van der Waals surface area (Å²) >= 11 is 0. The molecule has 0 spiro atoms. The number of hydrogen-bond acceptors (Lipinski definition) is 2. The van der Waals surface area contributed by atoms with Crippen molar-refractivity contribution >= 4 is 18.4 Å². The molecule has 4 nitrogen and oxygen atoms in total. The Morgan fingerprint density at radius 3 is 2.64 bits per heavy atom. The average Bonchev–Trinajstić information content (AvgIpc) is 2.00. The molecule has 0 aromatic heterocycles. The van der Waals surface area contributed by atoms with Gasteiger partial charge in [-0.1, -0.05) is 6.58 Å². The van der Waals surface area contributed by atoms with Gasteiger partial charge in [0.15, 0.2) is 5.84 Å². The first-order chi connectivity index (χ1) is 5.22. The first-order valence-electron chi connectivity index (χ1n) is 3.14. The highest BCUT2D eigenvalue weighted by molar-refractivity contribution is 6.00. The molecule has 0 saturated carbocycles. The molecule has 2 N–H and O–H groups in total. The van der Waals surface area contributed by atoms with Gasteiger partial charge in [-0.25, -0.2) is 4.99 Å². The zero-order valence-corrected chi connectivity index (χ0v) is 6.78. The summed E-state index contributed by atoms with van der Waals surface area (Å²) in [4.78, 5) is 11.2. The number of aliphatic imine (C=N–C) groups is 3. The van der Waals surface area contributed by atoms with Gasteiger partial charge >= 0.3 is 0 Å². The summed E-state index contributed by atoms with van der Waals surface area (Å²) in [7, 11) is 1.61. The molecule has 0 aliphatic carbocycles. The van der Waals surface area contributed by atoms with Gasteiger partial charge in [0, 0.05) is 13.3 Å². The zero-order chi connectivity index (χ0) is 8.69. The van der Waals surface area contributed by atoms with Crippen LogP contribution in [0, 0.1) is 0 Å². The van der Waals surface area contributed by atoms with Crippen molar-refractivity contribution in [3.8, 4) is 0 Å². The molecule has 0 bridgehead atoms. The van der Waals surface area contributed by atoms with Crippen LogP contribution < -0.4 is 5.73 Å². The first-order valence-corrected chi connectivity index (χ1v) is 3.14. The molecular weight excluding hydrogens is 140 g/mol. The number of hydrogen-bond donors (Lipinski definition) is 1. The van der Waals surface area contributed by atoms with Crippen LogP contribution in [-0.4, -0.2) is 25.4 Å². The molecule has 0 amide bonds. The third-order valence-corrected chi connectivity index (χ3v) is 0.893. The molecule has 0 aliphatic rings. The Hall–Kier alpha value is -1.45. The molecule has 0 aromatic rings. The standard InChI is InChI=1S/C7H12N4/c1-4-10-6(2)7(8)11-5-9-3/h4-5H,2H2,1,3H3,(H2,8,9,11)/b10-4-. The molecule has 0 fully saturated rings. The van der Waals surface area contributed by atoms with Gasteiger partial charge in [-0.15, -0.1) is 0 Å². The van der Waals surface area contributed by atoms with E-state index < -0.39 is 0 Å². The molecule has 0 radical (unpaired) electrons. The molecule has 0 unspecified atom stereocenters. The van der Waals surface area contributed by atoms with Crippen LogP contribution in [0.15, 0.2) is 27.3 Å². The fraction of sp³-hybridized carbons (Fsp3) is 0.286. The minimum atomic E-state index is 0.286. The Bertz CT molecular complexity index is 212. The van der Waals surface area contributed by atoms with Crippen LogP contribution in [0.3, 0.4) is 0 Å². The number of nitrogens with two attached hydrogens (primary N) is 1. The monoisotopic (exact) mass is 152 g/mol. The van der Waals surface area contributed by atoms with E-state index in [1.807, 2.05) is 0 Å². The summed E-state index contributed by atoms with van der Waals surface area (Å²) < 4.78 is 0. The van der Waals surface area contributed by atoms with Crippen LogP contribution in [-0.2, 0) is 0 Å². The van der Waals surface area contributed by atoms with Crippen molar-refractivity contribution in [2.75, 3.05) is 7.05 Å². The van der Waals surface area contributed by atoms with E-state index in [4.69, 9.17) is 5.73 Å². The lowest BCUT2D eigenvalue weighted by Crippen LogP contribution is -2.12. The predicted molar refractivity (Wildman–Crippen MR) is 49.3 cm³/mol. The van der Waals surface area contributed by atoms with E-state index in [9.17, 15) is 0 Å². The van der Waals surface area contributed by atoms with Crippen molar-refractivity contribution in [2.45, 2.75) is 6.92 Å². The van der Waals surface area contributed by atoms with Crippen molar-refractivity contribution in [2.24, 2.45) is 20.7 Å². The van der Waals surface area contributed by atoms with E-state index in [1.54, 1.807) is 20.2 Å². The summed E-state index contributed by atoms with van der Waals surface area (Å²) in [5.74, 6) is 0.286. The molecule has 0 rings (SSSR count). The molecule has 0 atom stereocenters. The minimum Gasteiger partial charge on any atom is -0.382 e. The minimum absolute atomic E-state index is 0.286. The quantitative estimate of drug-likeness (QED) is 0.467. The van der Waals surface area contributed by atoms with E-state index in [1.165, 1.54) is 6.34 Å². The Morgan fingerprint density at radius 2 is 2.18 bits per heavy atom. The Balaban J connectivity index is 4.23. The topological polar surface area (TPSA) is 63.1 Å². The van der Waals surface area contributed by atoms with Crippen molar-refractivity contribution in [1.29, 1.82) is 0 Å². The van der Waals surface area contributed by atoms with Gasteiger partial charge in [-0.2, -0.15) is 0 Å². The molecule has 4 heteroatoms. The van der Waals surface area contributed by atoms with Gasteiger partial charge in [-0.05, 0) is 6.92 Å². The lowest BCUT2D eigenvalue weighted by molar-refractivity contribution is 1.40. The number of rotatable bonds is 3. The van der Waals surface area contributed by atoms with Crippen LogP contribution in [0.2, 0.25) is 0 Å². The summed E-state index contributed by atoms with van der Waals surface area (Å²) in [6.07, 6.45) is 2.96. The Labute approximate surface area is 66.3 Å². The molecule has 11 heavy (non-hydrogen) atoms. The van der Waals surface area contributed by atoms with Gasteiger partial charge in [0.05, 0.1) is 5.70 Å². The third-order valence-electron chi connectivity index (χ3n) is 0.893. The summed E-state index contributed by atoms with van der Waals surface area (Å²) in [6.45, 7) is 5.37. The summed E-state index contributed by atoms with van der Waals surface area (Å²) in [5, 5.41) is 0. The highest BCUT2D eigenvalue weighted by Gasteiger charge is 1.92. The fourth-order valence-corrected chi connectivity index (χ4v) is 0.416. The zero-order valence-electron chi connectivity index (χ0n) is 6.78. The van der Waals surface area contributed by atoms with Crippen molar-refractivity contribution in [3.63, 3.8) is 0 Å². The lowest BCUT2D eigenvalue weighted by atomic mass is 10.5. The Kier molecular flexibility index (Phi) is 4.64. The van der Waals surface area contributed by atoms with Crippen LogP contribution in [0.25, 0.3) is 0 Å². The average molecular weight is 152 g/mol. The smallest absolute Gasteiger partial charge is 0.150 e. The maximum atomic E-state index is 5.43. The van der Waals surface area contributed by atoms with Crippen molar-refractivity contribution < 1.29 is 0 Å². The first kappa shape index (κ1) is 9.55. The van der Waals surface area contributed by atoms with Crippen molar-refractivity contribution in [1.82, 2.24) is 0 Å². The van der Waals surface area contributed by atoms with Gasteiger partial charge in [0.25, 0.3) is 0 Å². The second-order valence-electron chi connectivity index (χ2n) is 1.72. The normalized spacial score (nSPS) is 13.1.